The molecule has 0 atom stereocenters. The molecule has 0 spiro atoms. The molecule has 0 saturated carbocycles. The summed E-state index contributed by atoms with van der Waals surface area (Å²) in [5.74, 6) is 0.797. The van der Waals surface area contributed by atoms with Gasteiger partial charge in [0.15, 0.2) is 0 Å². The minimum Gasteiger partial charge on any atom is -0.286 e. The van der Waals surface area contributed by atoms with Gasteiger partial charge in [-0.25, -0.2) is 4.98 Å². The van der Waals surface area contributed by atoms with E-state index in [2.05, 4.69) is 9.88 Å². The minimum atomic E-state index is 0.0741. The zero-order chi connectivity index (χ0) is 12.5. The highest BCUT2D eigenvalue weighted by Gasteiger charge is 2.14. The van der Waals surface area contributed by atoms with Crippen molar-refractivity contribution in [2.45, 2.75) is 26.4 Å². The summed E-state index contributed by atoms with van der Waals surface area (Å²) in [6.45, 7) is 4.74. The topological polar surface area (TPSA) is 38.1 Å². The average Bonchev–Trinajstić information content (AvgIpc) is 2.87. The first-order valence-electron chi connectivity index (χ1n) is 6.44. The Balaban J connectivity index is 2.07. The van der Waals surface area contributed by atoms with Crippen molar-refractivity contribution >= 4 is 10.9 Å². The normalized spacial score (nSPS) is 16.5. The molecule has 1 fully saturated rings. The standard InChI is InChI=1S/C14H17N3O/c1-11-15-13-7-3-2-6-12(13)14(18)17(11)10-16-8-4-5-9-16/h2-3,6-7H,4-5,8-10H2,1H3. The van der Waals surface area contributed by atoms with Gasteiger partial charge in [0.1, 0.15) is 5.82 Å². The summed E-state index contributed by atoms with van der Waals surface area (Å²) >= 11 is 0. The van der Waals surface area contributed by atoms with E-state index >= 15 is 0 Å². The molecule has 1 aromatic heterocycles. The lowest BCUT2D eigenvalue weighted by molar-refractivity contribution is 0.262. The third kappa shape index (κ3) is 1.93. The van der Waals surface area contributed by atoms with Crippen molar-refractivity contribution in [1.82, 2.24) is 14.5 Å². The van der Waals surface area contributed by atoms with Gasteiger partial charge in [-0.05, 0) is 45.0 Å². The van der Waals surface area contributed by atoms with Crippen LogP contribution in [0.4, 0.5) is 0 Å². The molecule has 0 aliphatic carbocycles. The predicted octanol–water partition coefficient (Wildman–Crippen LogP) is 1.76. The number of hydrogen-bond donors (Lipinski definition) is 0. The van der Waals surface area contributed by atoms with Gasteiger partial charge in [-0.1, -0.05) is 12.1 Å². The quantitative estimate of drug-likeness (QED) is 0.806. The van der Waals surface area contributed by atoms with Crippen molar-refractivity contribution in [3.8, 4) is 0 Å². The van der Waals surface area contributed by atoms with E-state index in [9.17, 15) is 4.79 Å². The highest BCUT2D eigenvalue weighted by atomic mass is 16.1. The highest BCUT2D eigenvalue weighted by Crippen LogP contribution is 2.11. The van der Waals surface area contributed by atoms with E-state index in [0.29, 0.717) is 12.1 Å². The Morgan fingerprint density at radius 3 is 2.72 bits per heavy atom. The lowest BCUT2D eigenvalue weighted by Crippen LogP contribution is -2.32. The number of likely N-dealkylation sites (tertiary alicyclic amines) is 1. The van der Waals surface area contributed by atoms with Crippen LogP contribution in [0.1, 0.15) is 18.7 Å². The van der Waals surface area contributed by atoms with Gasteiger partial charge < -0.3 is 0 Å². The van der Waals surface area contributed by atoms with Crippen LogP contribution in [0.15, 0.2) is 29.1 Å². The van der Waals surface area contributed by atoms with E-state index in [-0.39, 0.29) is 5.56 Å². The highest BCUT2D eigenvalue weighted by molar-refractivity contribution is 5.77. The van der Waals surface area contributed by atoms with E-state index < -0.39 is 0 Å². The fourth-order valence-electron chi connectivity index (χ4n) is 2.57. The number of rotatable bonds is 2. The summed E-state index contributed by atoms with van der Waals surface area (Å²) in [6, 6.07) is 7.55. The second-order valence-electron chi connectivity index (χ2n) is 4.88. The molecule has 18 heavy (non-hydrogen) atoms. The lowest BCUT2D eigenvalue weighted by Gasteiger charge is -2.18. The van der Waals surface area contributed by atoms with Gasteiger partial charge in [0.25, 0.3) is 5.56 Å². The van der Waals surface area contributed by atoms with Crippen LogP contribution in [0.25, 0.3) is 10.9 Å². The number of hydrogen-bond acceptors (Lipinski definition) is 3. The van der Waals surface area contributed by atoms with E-state index in [1.54, 1.807) is 4.57 Å². The maximum atomic E-state index is 12.4. The molecular weight excluding hydrogens is 226 g/mol. The van der Waals surface area contributed by atoms with E-state index in [0.717, 1.165) is 24.4 Å². The van der Waals surface area contributed by atoms with Crippen LogP contribution in [0.2, 0.25) is 0 Å². The van der Waals surface area contributed by atoms with Crippen LogP contribution in [0, 0.1) is 6.92 Å². The number of fused-ring (bicyclic) bond motifs is 1. The number of aryl methyl sites for hydroxylation is 1. The molecule has 0 bridgehead atoms. The molecule has 1 saturated heterocycles. The SMILES string of the molecule is Cc1nc2ccccc2c(=O)n1CN1CCCC1. The second kappa shape index (κ2) is 4.53. The first-order valence-corrected chi connectivity index (χ1v) is 6.44. The molecule has 0 N–H and O–H groups in total. The maximum Gasteiger partial charge on any atom is 0.262 e. The molecule has 4 heteroatoms. The molecule has 2 aromatic rings. The first kappa shape index (κ1) is 11.4. The molecule has 94 valence electrons. The van der Waals surface area contributed by atoms with Gasteiger partial charge in [0.2, 0.25) is 0 Å². The number of nitrogens with zero attached hydrogens (tertiary/aromatic N) is 3. The summed E-state index contributed by atoms with van der Waals surface area (Å²) in [6.07, 6.45) is 2.46. The van der Waals surface area contributed by atoms with Gasteiger partial charge in [0, 0.05) is 0 Å². The summed E-state index contributed by atoms with van der Waals surface area (Å²) < 4.78 is 1.79. The Morgan fingerprint density at radius 1 is 1.22 bits per heavy atom. The molecule has 1 aromatic carbocycles. The monoisotopic (exact) mass is 243 g/mol. The number of aromatic nitrogens is 2. The lowest BCUT2D eigenvalue weighted by atomic mass is 10.2. The van der Waals surface area contributed by atoms with Gasteiger partial charge in [-0.2, -0.15) is 0 Å². The predicted molar refractivity (Wildman–Crippen MR) is 71.5 cm³/mol. The number of para-hydroxylation sites is 1. The van der Waals surface area contributed by atoms with Crippen LogP contribution in [0.5, 0.6) is 0 Å². The summed E-state index contributed by atoms with van der Waals surface area (Å²) in [5.41, 5.74) is 0.864. The Kier molecular flexibility index (Phi) is 2.88. The third-order valence-electron chi connectivity index (χ3n) is 3.59. The van der Waals surface area contributed by atoms with E-state index in [1.807, 2.05) is 31.2 Å². The van der Waals surface area contributed by atoms with Crippen LogP contribution in [-0.4, -0.2) is 27.5 Å². The molecule has 3 rings (SSSR count). The third-order valence-corrected chi connectivity index (χ3v) is 3.59. The number of benzene rings is 1. The molecule has 1 aliphatic heterocycles. The van der Waals surface area contributed by atoms with Crippen molar-refractivity contribution in [3.05, 3.63) is 40.4 Å². The fraction of sp³-hybridized carbons (Fsp3) is 0.429. The second-order valence-corrected chi connectivity index (χ2v) is 4.88. The Labute approximate surface area is 106 Å². The molecule has 0 radical (unpaired) electrons. The maximum absolute atomic E-state index is 12.4. The Bertz CT molecular complexity index is 626. The Hall–Kier alpha value is -1.68. The minimum absolute atomic E-state index is 0.0741. The van der Waals surface area contributed by atoms with Gasteiger partial charge in [-0.3, -0.25) is 14.3 Å². The van der Waals surface area contributed by atoms with Crippen molar-refractivity contribution in [2.24, 2.45) is 0 Å². The van der Waals surface area contributed by atoms with Crippen LogP contribution >= 0.6 is 0 Å². The van der Waals surface area contributed by atoms with Crippen molar-refractivity contribution in [1.29, 1.82) is 0 Å². The van der Waals surface area contributed by atoms with E-state index in [4.69, 9.17) is 0 Å². The molecule has 0 amide bonds. The summed E-state index contributed by atoms with van der Waals surface area (Å²) in [7, 11) is 0. The fourth-order valence-corrected chi connectivity index (χ4v) is 2.57. The molecule has 2 heterocycles. The smallest absolute Gasteiger partial charge is 0.262 e. The van der Waals surface area contributed by atoms with Crippen LogP contribution in [0.3, 0.4) is 0 Å². The molecular formula is C14H17N3O. The van der Waals surface area contributed by atoms with Gasteiger partial charge in [-0.15, -0.1) is 0 Å². The summed E-state index contributed by atoms with van der Waals surface area (Å²) in [5, 5.41) is 0.710. The zero-order valence-electron chi connectivity index (χ0n) is 10.6. The Morgan fingerprint density at radius 2 is 1.94 bits per heavy atom. The van der Waals surface area contributed by atoms with Gasteiger partial charge in [0.05, 0.1) is 17.6 Å². The van der Waals surface area contributed by atoms with E-state index in [1.165, 1.54) is 12.8 Å². The van der Waals surface area contributed by atoms with Gasteiger partial charge >= 0.3 is 0 Å². The van der Waals surface area contributed by atoms with Crippen LogP contribution in [-0.2, 0) is 6.67 Å². The largest absolute Gasteiger partial charge is 0.286 e. The summed E-state index contributed by atoms with van der Waals surface area (Å²) in [4.78, 5) is 19.3. The molecule has 4 nitrogen and oxygen atoms in total. The zero-order valence-corrected chi connectivity index (χ0v) is 10.6. The molecule has 0 unspecified atom stereocenters. The molecule has 1 aliphatic rings. The van der Waals surface area contributed by atoms with Crippen molar-refractivity contribution in [3.63, 3.8) is 0 Å². The first-order chi connectivity index (χ1) is 8.75. The van der Waals surface area contributed by atoms with Crippen LogP contribution < -0.4 is 5.56 Å². The van der Waals surface area contributed by atoms with Crippen molar-refractivity contribution < 1.29 is 0 Å². The average molecular weight is 243 g/mol. The van der Waals surface area contributed by atoms with Crippen molar-refractivity contribution in [2.75, 3.05) is 13.1 Å².